The quantitative estimate of drug-likeness (QED) is 0.772. The second kappa shape index (κ2) is 6.29. The molecule has 0 bridgehead atoms. The average molecular weight is 342 g/mol. The number of hydrogen-bond donors (Lipinski definition) is 1. The number of halogens is 2. The molecule has 25 heavy (non-hydrogen) atoms. The Hall–Kier alpha value is -2.73. The number of amides is 1. The van der Waals surface area contributed by atoms with Gasteiger partial charge in [-0.3, -0.25) is 4.79 Å². The van der Waals surface area contributed by atoms with Crippen molar-refractivity contribution in [3.05, 3.63) is 71.4 Å². The topological polar surface area (TPSA) is 45.3 Å². The van der Waals surface area contributed by atoms with Crippen molar-refractivity contribution in [1.29, 1.82) is 0 Å². The van der Waals surface area contributed by atoms with Crippen molar-refractivity contribution >= 4 is 16.8 Å². The number of ether oxygens (including phenoxy) is 1. The number of benzene rings is 2. The lowest BCUT2D eigenvalue weighted by molar-refractivity contribution is -0.0230. The lowest BCUT2D eigenvalue weighted by Gasteiger charge is -2.33. The SMILES string of the molecule is O=C(c1cc2c(F)cccc2[nH]1)N1CCOC(c2ccc(F)cc2)C1. The van der Waals surface area contributed by atoms with E-state index in [2.05, 4.69) is 4.98 Å². The Morgan fingerprint density at radius 2 is 1.96 bits per heavy atom. The summed E-state index contributed by atoms with van der Waals surface area (Å²) in [5, 5.41) is 0.397. The van der Waals surface area contributed by atoms with Gasteiger partial charge in [-0.2, -0.15) is 0 Å². The number of H-pyrrole nitrogens is 1. The van der Waals surface area contributed by atoms with E-state index in [0.717, 1.165) is 5.56 Å². The van der Waals surface area contributed by atoms with E-state index in [9.17, 15) is 13.6 Å². The number of rotatable bonds is 2. The number of morpholine rings is 1. The minimum absolute atomic E-state index is 0.203. The van der Waals surface area contributed by atoms with Gasteiger partial charge >= 0.3 is 0 Å². The van der Waals surface area contributed by atoms with Crippen LogP contribution < -0.4 is 0 Å². The Labute approximate surface area is 143 Å². The van der Waals surface area contributed by atoms with Crippen LogP contribution in [0.2, 0.25) is 0 Å². The van der Waals surface area contributed by atoms with Crippen LogP contribution in [-0.2, 0) is 4.74 Å². The number of carbonyl (C=O) groups excluding carboxylic acids is 1. The molecule has 1 fully saturated rings. The van der Waals surface area contributed by atoms with Crippen LogP contribution in [0.15, 0.2) is 48.5 Å². The Bertz CT molecular complexity index is 921. The monoisotopic (exact) mass is 342 g/mol. The first-order valence-electron chi connectivity index (χ1n) is 8.05. The summed E-state index contributed by atoms with van der Waals surface area (Å²) in [4.78, 5) is 17.4. The van der Waals surface area contributed by atoms with Crippen molar-refractivity contribution in [3.63, 3.8) is 0 Å². The van der Waals surface area contributed by atoms with E-state index in [-0.39, 0.29) is 23.6 Å². The Morgan fingerprint density at radius 1 is 1.16 bits per heavy atom. The molecule has 1 aliphatic rings. The first kappa shape index (κ1) is 15.8. The maximum absolute atomic E-state index is 13.8. The number of nitrogens with zero attached hydrogens (tertiary/aromatic N) is 1. The minimum Gasteiger partial charge on any atom is -0.370 e. The van der Waals surface area contributed by atoms with Crippen LogP contribution in [0.1, 0.15) is 22.2 Å². The minimum atomic E-state index is -0.362. The van der Waals surface area contributed by atoms with E-state index in [1.54, 1.807) is 29.2 Å². The highest BCUT2D eigenvalue weighted by atomic mass is 19.1. The number of aromatic nitrogens is 1. The molecular weight excluding hydrogens is 326 g/mol. The van der Waals surface area contributed by atoms with Gasteiger partial charge < -0.3 is 14.6 Å². The van der Waals surface area contributed by atoms with Crippen LogP contribution in [0.3, 0.4) is 0 Å². The number of nitrogens with one attached hydrogen (secondary N) is 1. The highest BCUT2D eigenvalue weighted by Gasteiger charge is 2.27. The van der Waals surface area contributed by atoms with Gasteiger partial charge in [0.2, 0.25) is 0 Å². The molecule has 0 saturated carbocycles. The molecule has 4 nitrogen and oxygen atoms in total. The summed E-state index contributed by atoms with van der Waals surface area (Å²) in [7, 11) is 0. The fraction of sp³-hybridized carbons (Fsp3) is 0.211. The molecule has 128 valence electrons. The molecule has 1 atom stereocenters. The van der Waals surface area contributed by atoms with Crippen LogP contribution in [0.4, 0.5) is 8.78 Å². The smallest absolute Gasteiger partial charge is 0.270 e. The Morgan fingerprint density at radius 3 is 2.72 bits per heavy atom. The zero-order valence-electron chi connectivity index (χ0n) is 13.3. The van der Waals surface area contributed by atoms with Crippen molar-refractivity contribution in [2.75, 3.05) is 19.7 Å². The van der Waals surface area contributed by atoms with Crippen molar-refractivity contribution in [2.24, 2.45) is 0 Å². The fourth-order valence-electron chi connectivity index (χ4n) is 3.12. The van der Waals surface area contributed by atoms with Crippen molar-refractivity contribution < 1.29 is 18.3 Å². The van der Waals surface area contributed by atoms with Crippen LogP contribution in [0.25, 0.3) is 10.9 Å². The Kier molecular flexibility index (Phi) is 3.97. The highest BCUT2D eigenvalue weighted by Crippen LogP contribution is 2.25. The van der Waals surface area contributed by atoms with Gasteiger partial charge in [-0.1, -0.05) is 18.2 Å². The predicted octanol–water partition coefficient (Wildman–Crippen LogP) is 3.66. The van der Waals surface area contributed by atoms with Crippen molar-refractivity contribution in [1.82, 2.24) is 9.88 Å². The van der Waals surface area contributed by atoms with Crippen LogP contribution in [-0.4, -0.2) is 35.5 Å². The highest BCUT2D eigenvalue weighted by molar-refractivity contribution is 5.98. The zero-order chi connectivity index (χ0) is 17.4. The molecule has 6 heteroatoms. The lowest BCUT2D eigenvalue weighted by atomic mass is 10.1. The first-order chi connectivity index (χ1) is 12.1. The molecule has 0 spiro atoms. The summed E-state index contributed by atoms with van der Waals surface area (Å²) in [6.07, 6.45) is -0.306. The maximum atomic E-state index is 13.8. The number of aromatic amines is 1. The summed E-state index contributed by atoms with van der Waals surface area (Å²) in [5.74, 6) is -0.877. The normalized spacial score (nSPS) is 17.8. The molecule has 1 saturated heterocycles. The summed E-state index contributed by atoms with van der Waals surface area (Å²) in [5.41, 5.74) is 1.76. The van der Waals surface area contributed by atoms with Gasteiger partial charge in [-0.25, -0.2) is 8.78 Å². The van der Waals surface area contributed by atoms with Gasteiger partial charge in [0.25, 0.3) is 5.91 Å². The van der Waals surface area contributed by atoms with Gasteiger partial charge in [0.15, 0.2) is 0 Å². The number of fused-ring (bicyclic) bond motifs is 1. The summed E-state index contributed by atoms with van der Waals surface area (Å²) in [6, 6.07) is 12.3. The van der Waals surface area contributed by atoms with E-state index in [0.29, 0.717) is 36.3 Å². The molecule has 0 radical (unpaired) electrons. The Balaban J connectivity index is 1.56. The molecule has 1 aliphatic heterocycles. The molecule has 0 aliphatic carbocycles. The van der Waals surface area contributed by atoms with E-state index in [1.807, 2.05) is 0 Å². The summed E-state index contributed by atoms with van der Waals surface area (Å²) >= 11 is 0. The molecule has 4 rings (SSSR count). The first-order valence-corrected chi connectivity index (χ1v) is 8.05. The second-order valence-electron chi connectivity index (χ2n) is 6.05. The molecule has 2 aromatic carbocycles. The maximum Gasteiger partial charge on any atom is 0.270 e. The summed E-state index contributed by atoms with van der Waals surface area (Å²) in [6.45, 7) is 1.21. The third-order valence-corrected chi connectivity index (χ3v) is 4.44. The van der Waals surface area contributed by atoms with E-state index < -0.39 is 0 Å². The van der Waals surface area contributed by atoms with Gasteiger partial charge in [0, 0.05) is 17.4 Å². The number of carbonyl (C=O) groups is 1. The van der Waals surface area contributed by atoms with Crippen LogP contribution in [0.5, 0.6) is 0 Å². The summed E-state index contributed by atoms with van der Waals surface area (Å²) < 4.78 is 32.6. The lowest BCUT2D eigenvalue weighted by Crippen LogP contribution is -2.42. The standard InChI is InChI=1S/C19H16F2N2O2/c20-13-6-4-12(5-7-13)18-11-23(8-9-25-18)19(24)17-10-14-15(21)2-1-3-16(14)22-17/h1-7,10,18,22H,8-9,11H2. The molecular formula is C19H16F2N2O2. The van der Waals surface area contributed by atoms with Gasteiger partial charge in [0.1, 0.15) is 23.4 Å². The molecule has 1 unspecified atom stereocenters. The third-order valence-electron chi connectivity index (χ3n) is 4.44. The predicted molar refractivity (Wildman–Crippen MR) is 89.3 cm³/mol. The molecule has 1 amide bonds. The molecule has 3 aromatic rings. The van der Waals surface area contributed by atoms with E-state index >= 15 is 0 Å². The fourth-order valence-corrected chi connectivity index (χ4v) is 3.12. The second-order valence-corrected chi connectivity index (χ2v) is 6.05. The average Bonchev–Trinajstić information content (AvgIpc) is 3.07. The third kappa shape index (κ3) is 3.00. The van der Waals surface area contributed by atoms with E-state index in [4.69, 9.17) is 4.74 Å². The van der Waals surface area contributed by atoms with Crippen molar-refractivity contribution in [2.45, 2.75) is 6.10 Å². The van der Waals surface area contributed by atoms with Crippen LogP contribution >= 0.6 is 0 Å². The van der Waals surface area contributed by atoms with Crippen molar-refractivity contribution in [3.8, 4) is 0 Å². The number of hydrogen-bond acceptors (Lipinski definition) is 2. The van der Waals surface area contributed by atoms with E-state index in [1.165, 1.54) is 24.3 Å². The van der Waals surface area contributed by atoms with Crippen LogP contribution in [0, 0.1) is 11.6 Å². The van der Waals surface area contributed by atoms with Gasteiger partial charge in [-0.05, 0) is 35.9 Å². The molecule has 2 heterocycles. The zero-order valence-corrected chi connectivity index (χ0v) is 13.3. The molecule has 1 N–H and O–H groups in total. The van der Waals surface area contributed by atoms with Gasteiger partial charge in [0.05, 0.1) is 13.2 Å². The largest absolute Gasteiger partial charge is 0.370 e. The molecule has 1 aromatic heterocycles. The van der Waals surface area contributed by atoms with Gasteiger partial charge in [-0.15, -0.1) is 0 Å².